The van der Waals surface area contributed by atoms with Crippen molar-refractivity contribution in [1.29, 1.82) is 0 Å². The lowest BCUT2D eigenvalue weighted by Gasteiger charge is -2.12. The van der Waals surface area contributed by atoms with Gasteiger partial charge in [0.1, 0.15) is 0 Å². The monoisotopic (exact) mass is 640 g/mol. The Labute approximate surface area is 286 Å². The molecule has 228 valence electrons. The van der Waals surface area contributed by atoms with Gasteiger partial charge in [-0.15, -0.1) is 11.3 Å². The van der Waals surface area contributed by atoms with E-state index < -0.39 is 0 Å². The summed E-state index contributed by atoms with van der Waals surface area (Å²) < 4.78 is 7.55. The van der Waals surface area contributed by atoms with Crippen LogP contribution in [0, 0.1) is 0 Å². The normalized spacial score (nSPS) is 12.1. The summed E-state index contributed by atoms with van der Waals surface area (Å²) in [5, 5.41) is 10.2. The molecule has 11 aromatic rings. The van der Waals surface area contributed by atoms with Crippen molar-refractivity contribution in [3.8, 4) is 22.5 Å². The van der Waals surface area contributed by atoms with Crippen LogP contribution in [0.15, 0.2) is 170 Å². The standard InChI is InChI=1S/C46H28N2S/c1-2-13-32-29(11-1)12-9-20-39(32)47-40-18-6-3-14-33(40)37-27-30(23-25-42(37)47)31-24-26-43-38(28-31)34-15-4-7-19-41(34)48(43)44-21-10-17-36-35-16-5-8-22-45(35)49-46(36)44/h1-28H. The van der Waals surface area contributed by atoms with Gasteiger partial charge in [-0.1, -0.05) is 115 Å². The molecule has 0 aliphatic heterocycles. The third kappa shape index (κ3) is 3.82. The van der Waals surface area contributed by atoms with Crippen molar-refractivity contribution in [3.63, 3.8) is 0 Å². The number of hydrogen-bond donors (Lipinski definition) is 0. The van der Waals surface area contributed by atoms with E-state index in [1.165, 1.54) is 97.1 Å². The Morgan fingerprint density at radius 3 is 1.53 bits per heavy atom. The number of nitrogens with zero attached hydrogens (tertiary/aromatic N) is 2. The first-order valence-electron chi connectivity index (χ1n) is 16.8. The minimum absolute atomic E-state index is 1.21. The molecule has 0 bridgehead atoms. The molecule has 3 aromatic heterocycles. The zero-order chi connectivity index (χ0) is 32.1. The van der Waals surface area contributed by atoms with E-state index in [0.29, 0.717) is 0 Å². The Hall–Kier alpha value is -6.16. The number of rotatable bonds is 3. The van der Waals surface area contributed by atoms with Crippen LogP contribution < -0.4 is 0 Å². The van der Waals surface area contributed by atoms with Crippen molar-refractivity contribution < 1.29 is 0 Å². The van der Waals surface area contributed by atoms with Crippen LogP contribution in [0.25, 0.3) is 97.1 Å². The number of para-hydroxylation sites is 2. The van der Waals surface area contributed by atoms with Gasteiger partial charge in [0.15, 0.2) is 0 Å². The van der Waals surface area contributed by atoms with E-state index >= 15 is 0 Å². The average Bonchev–Trinajstić information content (AvgIpc) is 3.82. The smallest absolute Gasteiger partial charge is 0.0640 e. The molecule has 0 unspecified atom stereocenters. The molecule has 3 heteroatoms. The van der Waals surface area contributed by atoms with E-state index in [1.807, 2.05) is 11.3 Å². The van der Waals surface area contributed by atoms with E-state index in [-0.39, 0.29) is 0 Å². The summed E-state index contributed by atoms with van der Waals surface area (Å²) in [6, 6.07) is 62.4. The van der Waals surface area contributed by atoms with Gasteiger partial charge in [0.2, 0.25) is 0 Å². The van der Waals surface area contributed by atoms with Crippen molar-refractivity contribution >= 4 is 85.9 Å². The van der Waals surface area contributed by atoms with Crippen molar-refractivity contribution in [3.05, 3.63) is 170 Å². The summed E-state index contributed by atoms with van der Waals surface area (Å²) in [7, 11) is 0. The number of aromatic nitrogens is 2. The van der Waals surface area contributed by atoms with E-state index in [9.17, 15) is 0 Å². The first-order chi connectivity index (χ1) is 24.3. The average molecular weight is 641 g/mol. The van der Waals surface area contributed by atoms with Gasteiger partial charge in [-0.25, -0.2) is 0 Å². The summed E-state index contributed by atoms with van der Waals surface area (Å²) >= 11 is 1.88. The molecule has 0 saturated heterocycles. The van der Waals surface area contributed by atoms with Crippen LogP contribution in [0.5, 0.6) is 0 Å². The molecule has 0 N–H and O–H groups in total. The largest absolute Gasteiger partial charge is 0.309 e. The van der Waals surface area contributed by atoms with Gasteiger partial charge in [-0.05, 0) is 71.1 Å². The summed E-state index contributed by atoms with van der Waals surface area (Å²) in [5.74, 6) is 0. The molecule has 0 aliphatic carbocycles. The Morgan fingerprint density at radius 2 is 0.816 bits per heavy atom. The molecular formula is C46H28N2S. The predicted octanol–water partition coefficient (Wildman–Crippen LogP) is 13.1. The Balaban J connectivity index is 1.13. The van der Waals surface area contributed by atoms with Crippen LogP contribution in [-0.4, -0.2) is 9.13 Å². The number of fused-ring (bicyclic) bond motifs is 10. The fourth-order valence-corrected chi connectivity index (χ4v) is 9.34. The van der Waals surface area contributed by atoms with Crippen molar-refractivity contribution in [2.75, 3.05) is 0 Å². The number of thiophene rings is 1. The quantitative estimate of drug-likeness (QED) is 0.182. The van der Waals surface area contributed by atoms with Crippen LogP contribution in [-0.2, 0) is 0 Å². The molecular weight excluding hydrogens is 613 g/mol. The second-order valence-electron chi connectivity index (χ2n) is 12.9. The van der Waals surface area contributed by atoms with Gasteiger partial charge in [-0.2, -0.15) is 0 Å². The Morgan fingerprint density at radius 1 is 0.327 bits per heavy atom. The highest BCUT2D eigenvalue weighted by Gasteiger charge is 2.18. The summed E-state index contributed by atoms with van der Waals surface area (Å²) in [6.07, 6.45) is 0. The highest BCUT2D eigenvalue weighted by molar-refractivity contribution is 7.26. The molecule has 0 saturated carbocycles. The maximum atomic E-state index is 2.47. The van der Waals surface area contributed by atoms with Crippen LogP contribution in [0.3, 0.4) is 0 Å². The first kappa shape index (κ1) is 26.9. The molecule has 0 amide bonds. The van der Waals surface area contributed by atoms with Gasteiger partial charge >= 0.3 is 0 Å². The van der Waals surface area contributed by atoms with Crippen molar-refractivity contribution in [1.82, 2.24) is 9.13 Å². The van der Waals surface area contributed by atoms with E-state index in [4.69, 9.17) is 0 Å². The van der Waals surface area contributed by atoms with Gasteiger partial charge in [-0.3, -0.25) is 0 Å². The Bertz CT molecular complexity index is 3110. The molecule has 0 spiro atoms. The molecule has 3 heterocycles. The van der Waals surface area contributed by atoms with Gasteiger partial charge < -0.3 is 9.13 Å². The molecule has 49 heavy (non-hydrogen) atoms. The fraction of sp³-hybridized carbons (Fsp3) is 0. The van der Waals surface area contributed by atoms with Crippen LogP contribution >= 0.6 is 11.3 Å². The molecule has 0 fully saturated rings. The molecule has 8 aromatic carbocycles. The minimum Gasteiger partial charge on any atom is -0.309 e. The third-order valence-electron chi connectivity index (χ3n) is 10.3. The summed E-state index contributed by atoms with van der Waals surface area (Å²) in [6.45, 7) is 0. The topological polar surface area (TPSA) is 9.86 Å². The highest BCUT2D eigenvalue weighted by atomic mass is 32.1. The zero-order valence-corrected chi connectivity index (χ0v) is 27.3. The molecule has 0 atom stereocenters. The summed E-state index contributed by atoms with van der Waals surface area (Å²) in [5.41, 5.74) is 9.78. The lowest BCUT2D eigenvalue weighted by Crippen LogP contribution is -1.95. The van der Waals surface area contributed by atoms with E-state index in [1.54, 1.807) is 0 Å². The number of hydrogen-bond acceptors (Lipinski definition) is 1. The van der Waals surface area contributed by atoms with Crippen molar-refractivity contribution in [2.24, 2.45) is 0 Å². The van der Waals surface area contributed by atoms with E-state index in [2.05, 4.69) is 179 Å². The number of benzene rings is 8. The maximum absolute atomic E-state index is 2.47. The third-order valence-corrected chi connectivity index (χ3v) is 11.5. The SMILES string of the molecule is c1ccc2c(-n3c4ccccc4c4cc(-c5ccc6c(c5)c5ccccc5n6-c5cccc6c5sc5ccccc56)ccc43)cccc2c1. The summed E-state index contributed by atoms with van der Waals surface area (Å²) in [4.78, 5) is 0. The van der Waals surface area contributed by atoms with Gasteiger partial charge in [0.05, 0.1) is 38.1 Å². The fourth-order valence-electron chi connectivity index (χ4n) is 8.14. The Kier molecular flexibility index (Phi) is 5.57. The maximum Gasteiger partial charge on any atom is 0.0640 e. The van der Waals surface area contributed by atoms with Crippen molar-refractivity contribution in [2.45, 2.75) is 0 Å². The first-order valence-corrected chi connectivity index (χ1v) is 17.6. The second-order valence-corrected chi connectivity index (χ2v) is 14.0. The van der Waals surface area contributed by atoms with Crippen LogP contribution in [0.4, 0.5) is 0 Å². The molecule has 0 aliphatic rings. The highest BCUT2D eigenvalue weighted by Crippen LogP contribution is 2.42. The second kappa shape index (κ2) is 10.2. The zero-order valence-electron chi connectivity index (χ0n) is 26.5. The van der Waals surface area contributed by atoms with Gasteiger partial charge in [0, 0.05) is 42.4 Å². The molecule has 0 radical (unpaired) electrons. The lowest BCUT2D eigenvalue weighted by atomic mass is 10.0. The van der Waals surface area contributed by atoms with Crippen LogP contribution in [0.1, 0.15) is 0 Å². The van der Waals surface area contributed by atoms with Gasteiger partial charge in [0.25, 0.3) is 0 Å². The molecule has 2 nitrogen and oxygen atoms in total. The predicted molar refractivity (Wildman–Crippen MR) is 211 cm³/mol. The van der Waals surface area contributed by atoms with E-state index in [0.717, 1.165) is 0 Å². The minimum atomic E-state index is 1.21. The van der Waals surface area contributed by atoms with Crippen LogP contribution in [0.2, 0.25) is 0 Å². The lowest BCUT2D eigenvalue weighted by molar-refractivity contribution is 1.20. The molecule has 11 rings (SSSR count).